The van der Waals surface area contributed by atoms with Crippen LogP contribution in [0.4, 0.5) is 0 Å². The molecule has 3 atom stereocenters. The maximum Gasteiger partial charge on any atom is 0.222 e. The third-order valence-electron chi connectivity index (χ3n) is 13.3. The average Bonchev–Trinajstić information content (AvgIpc) is 3.30. The first-order valence-corrected chi connectivity index (χ1v) is 28.9. The summed E-state index contributed by atoms with van der Waals surface area (Å²) in [6.07, 6.45) is 73.1. The van der Waals surface area contributed by atoms with Gasteiger partial charge in [0.25, 0.3) is 0 Å². The lowest BCUT2D eigenvalue weighted by Crippen LogP contribution is -2.45. The molecular formula is C60H113NO4. The van der Waals surface area contributed by atoms with Crippen LogP contribution in [-0.2, 0) is 4.79 Å². The van der Waals surface area contributed by atoms with E-state index in [1.165, 1.54) is 238 Å². The lowest BCUT2D eigenvalue weighted by molar-refractivity contribution is -0.124. The fourth-order valence-corrected chi connectivity index (χ4v) is 8.90. The second kappa shape index (κ2) is 54.9. The highest BCUT2D eigenvalue weighted by Gasteiger charge is 2.20. The van der Waals surface area contributed by atoms with Crippen LogP contribution >= 0.6 is 0 Å². The van der Waals surface area contributed by atoms with Gasteiger partial charge >= 0.3 is 0 Å². The molecule has 0 aliphatic heterocycles. The van der Waals surface area contributed by atoms with Gasteiger partial charge in [-0.1, -0.05) is 274 Å². The Hall–Kier alpha value is -1.69. The molecule has 0 saturated heterocycles. The quantitative estimate of drug-likeness (QED) is 0.0361. The molecule has 0 aromatic rings. The third kappa shape index (κ3) is 51.5. The SMILES string of the molecule is CCCCCCCCCCC/C=C/CC/C=C/CC/C=C/C(O)C(CO)NC(=O)CC(O)CCCCCCCCCCCCCCCCC/C=C\CCCCCCCCCCCCCC. The van der Waals surface area contributed by atoms with Gasteiger partial charge in [-0.05, 0) is 70.6 Å². The molecule has 0 bridgehead atoms. The summed E-state index contributed by atoms with van der Waals surface area (Å²) in [4.78, 5) is 12.5. The molecule has 0 spiro atoms. The molecule has 0 aliphatic rings. The van der Waals surface area contributed by atoms with Crippen LogP contribution < -0.4 is 5.32 Å². The van der Waals surface area contributed by atoms with E-state index in [-0.39, 0.29) is 18.9 Å². The summed E-state index contributed by atoms with van der Waals surface area (Å²) in [5.41, 5.74) is 0. The molecule has 65 heavy (non-hydrogen) atoms. The second-order valence-corrected chi connectivity index (χ2v) is 19.9. The average molecular weight is 913 g/mol. The molecule has 0 fully saturated rings. The van der Waals surface area contributed by atoms with E-state index < -0.39 is 18.2 Å². The van der Waals surface area contributed by atoms with Crippen LogP contribution in [0.5, 0.6) is 0 Å². The van der Waals surface area contributed by atoms with Crippen LogP contribution in [0, 0.1) is 0 Å². The van der Waals surface area contributed by atoms with E-state index in [0.29, 0.717) is 6.42 Å². The molecule has 0 aromatic heterocycles. The zero-order valence-corrected chi connectivity index (χ0v) is 43.6. The number of amides is 1. The summed E-state index contributed by atoms with van der Waals surface area (Å²) < 4.78 is 0. The monoisotopic (exact) mass is 912 g/mol. The van der Waals surface area contributed by atoms with Gasteiger partial charge in [0, 0.05) is 0 Å². The first kappa shape index (κ1) is 63.3. The van der Waals surface area contributed by atoms with E-state index in [4.69, 9.17) is 0 Å². The minimum Gasteiger partial charge on any atom is -0.394 e. The van der Waals surface area contributed by atoms with Crippen LogP contribution in [-0.4, -0.2) is 46.1 Å². The number of carbonyl (C=O) groups is 1. The molecular weight excluding hydrogens is 799 g/mol. The lowest BCUT2D eigenvalue weighted by atomic mass is 10.0. The van der Waals surface area contributed by atoms with Gasteiger partial charge in [0.1, 0.15) is 0 Å². The second-order valence-electron chi connectivity index (χ2n) is 19.9. The van der Waals surface area contributed by atoms with Crippen LogP contribution in [0.1, 0.15) is 303 Å². The van der Waals surface area contributed by atoms with Gasteiger partial charge in [-0.25, -0.2) is 0 Å². The van der Waals surface area contributed by atoms with Crippen molar-refractivity contribution >= 4 is 5.91 Å². The number of hydrogen-bond donors (Lipinski definition) is 4. The van der Waals surface area contributed by atoms with Crippen molar-refractivity contribution in [3.63, 3.8) is 0 Å². The molecule has 0 saturated carbocycles. The third-order valence-corrected chi connectivity index (χ3v) is 13.3. The number of nitrogens with one attached hydrogen (secondary N) is 1. The Bertz CT molecular complexity index is 1050. The summed E-state index contributed by atoms with van der Waals surface area (Å²) in [5.74, 6) is -0.326. The molecule has 0 aliphatic carbocycles. The van der Waals surface area contributed by atoms with Gasteiger partial charge in [0.05, 0.1) is 31.3 Å². The summed E-state index contributed by atoms with van der Waals surface area (Å²) in [6, 6.07) is -0.768. The first-order chi connectivity index (χ1) is 32.0. The predicted octanol–water partition coefficient (Wildman–Crippen LogP) is 18.0. The minimum absolute atomic E-state index is 0.00333. The van der Waals surface area contributed by atoms with Gasteiger partial charge in [-0.3, -0.25) is 4.79 Å². The van der Waals surface area contributed by atoms with Crippen molar-refractivity contribution in [2.45, 2.75) is 321 Å². The van der Waals surface area contributed by atoms with E-state index >= 15 is 0 Å². The molecule has 0 aromatic carbocycles. The minimum atomic E-state index is -0.961. The van der Waals surface area contributed by atoms with Gasteiger partial charge in [-0.2, -0.15) is 0 Å². The standard InChI is InChI=1S/C60H113NO4/c1-3-5-7-9-11-13-15-17-19-21-23-24-25-26-27-28-29-30-31-32-33-34-36-37-39-41-43-45-47-49-51-53-57(63)55-60(65)61-58(56-62)59(64)54-52-50-48-46-44-42-40-38-35-22-20-18-16-14-12-10-8-6-4-2/h26-27,35,38,44,46,52,54,57-59,62-64H,3-25,28-34,36-37,39-43,45,47-51,53,55-56H2,1-2H3,(H,61,65)/b27-26-,38-35+,46-44+,54-52+. The van der Waals surface area contributed by atoms with E-state index in [1.54, 1.807) is 6.08 Å². The van der Waals surface area contributed by atoms with Gasteiger partial charge in [-0.15, -0.1) is 0 Å². The Morgan fingerprint density at radius 1 is 0.385 bits per heavy atom. The zero-order chi connectivity index (χ0) is 47.2. The first-order valence-electron chi connectivity index (χ1n) is 28.9. The summed E-state index contributed by atoms with van der Waals surface area (Å²) >= 11 is 0. The van der Waals surface area contributed by atoms with Crippen LogP contribution in [0.2, 0.25) is 0 Å². The number of hydrogen-bond acceptors (Lipinski definition) is 4. The fourth-order valence-electron chi connectivity index (χ4n) is 8.90. The normalized spacial score (nSPS) is 13.6. The highest BCUT2D eigenvalue weighted by Crippen LogP contribution is 2.17. The Morgan fingerprint density at radius 2 is 0.662 bits per heavy atom. The Morgan fingerprint density at radius 3 is 0.985 bits per heavy atom. The van der Waals surface area contributed by atoms with Crippen molar-refractivity contribution in [1.82, 2.24) is 5.32 Å². The summed E-state index contributed by atoms with van der Waals surface area (Å²) in [6.45, 7) is 4.22. The molecule has 0 rings (SSSR count). The molecule has 3 unspecified atom stereocenters. The van der Waals surface area contributed by atoms with Crippen molar-refractivity contribution in [3.8, 4) is 0 Å². The molecule has 5 heteroatoms. The fraction of sp³-hybridized carbons (Fsp3) is 0.850. The molecule has 382 valence electrons. The number of aliphatic hydroxyl groups is 3. The smallest absolute Gasteiger partial charge is 0.222 e. The molecule has 5 nitrogen and oxygen atoms in total. The Labute approximate surface area is 406 Å². The number of aliphatic hydroxyl groups excluding tert-OH is 3. The zero-order valence-electron chi connectivity index (χ0n) is 43.6. The van der Waals surface area contributed by atoms with Crippen LogP contribution in [0.25, 0.3) is 0 Å². The molecule has 4 N–H and O–H groups in total. The highest BCUT2D eigenvalue weighted by atomic mass is 16.3. The number of rotatable bonds is 53. The van der Waals surface area contributed by atoms with Crippen molar-refractivity contribution < 1.29 is 20.1 Å². The van der Waals surface area contributed by atoms with Crippen LogP contribution in [0.3, 0.4) is 0 Å². The maximum atomic E-state index is 12.5. The lowest BCUT2D eigenvalue weighted by Gasteiger charge is -2.21. The largest absolute Gasteiger partial charge is 0.394 e. The van der Waals surface area contributed by atoms with Gasteiger partial charge < -0.3 is 20.6 Å². The summed E-state index contributed by atoms with van der Waals surface area (Å²) in [5, 5.41) is 33.4. The van der Waals surface area contributed by atoms with Gasteiger partial charge in [0.2, 0.25) is 5.91 Å². The summed E-state index contributed by atoms with van der Waals surface area (Å²) in [7, 11) is 0. The van der Waals surface area contributed by atoms with E-state index in [9.17, 15) is 20.1 Å². The molecule has 0 radical (unpaired) electrons. The van der Waals surface area contributed by atoms with E-state index in [1.807, 2.05) is 6.08 Å². The maximum absolute atomic E-state index is 12.5. The van der Waals surface area contributed by atoms with Crippen LogP contribution in [0.15, 0.2) is 48.6 Å². The van der Waals surface area contributed by atoms with Gasteiger partial charge in [0.15, 0.2) is 0 Å². The van der Waals surface area contributed by atoms with Crippen molar-refractivity contribution in [2.24, 2.45) is 0 Å². The number of allylic oxidation sites excluding steroid dienone is 7. The Kier molecular flexibility index (Phi) is 53.5. The molecule has 1 amide bonds. The highest BCUT2D eigenvalue weighted by molar-refractivity contribution is 5.76. The van der Waals surface area contributed by atoms with E-state index in [0.717, 1.165) is 38.5 Å². The van der Waals surface area contributed by atoms with E-state index in [2.05, 4.69) is 55.6 Å². The van der Waals surface area contributed by atoms with Crippen molar-refractivity contribution in [2.75, 3.05) is 6.61 Å². The predicted molar refractivity (Wildman–Crippen MR) is 287 cm³/mol. The number of unbranched alkanes of at least 4 members (excludes halogenated alkanes) is 38. The van der Waals surface area contributed by atoms with Crippen molar-refractivity contribution in [3.05, 3.63) is 48.6 Å². The topological polar surface area (TPSA) is 89.8 Å². The number of carbonyl (C=O) groups excluding carboxylic acids is 1. The molecule has 0 heterocycles. The Balaban J connectivity index is 3.57. The van der Waals surface area contributed by atoms with Crippen molar-refractivity contribution in [1.29, 1.82) is 0 Å².